The second-order valence-corrected chi connectivity index (χ2v) is 4.83. The quantitative estimate of drug-likeness (QED) is 0.736. The Labute approximate surface area is 101 Å². The summed E-state index contributed by atoms with van der Waals surface area (Å²) in [5.41, 5.74) is -0.0785. The summed E-state index contributed by atoms with van der Waals surface area (Å²) >= 11 is 0. The van der Waals surface area contributed by atoms with Gasteiger partial charge < -0.3 is 14.6 Å². The Morgan fingerprint density at radius 2 is 2.53 bits per heavy atom. The van der Waals surface area contributed by atoms with Crippen molar-refractivity contribution in [3.63, 3.8) is 0 Å². The van der Waals surface area contributed by atoms with Crippen LogP contribution in [0.4, 0.5) is 4.79 Å². The lowest BCUT2D eigenvalue weighted by molar-refractivity contribution is -0.00431. The van der Waals surface area contributed by atoms with Gasteiger partial charge in [-0.05, 0) is 12.8 Å². The van der Waals surface area contributed by atoms with Gasteiger partial charge in [0.2, 0.25) is 0 Å². The molecule has 0 aromatic heterocycles. The van der Waals surface area contributed by atoms with Crippen molar-refractivity contribution in [3.05, 3.63) is 12.7 Å². The normalized spacial score (nSPS) is 32.8. The standard InChI is InChI=1S/C12H19NO4/c1-2-5-17-11(15)13-8-12(7-10(13)14)4-3-6-16-9-12/h2,10,14H,1,3-9H2. The van der Waals surface area contributed by atoms with E-state index >= 15 is 0 Å². The molecule has 1 spiro atoms. The molecule has 1 amide bonds. The summed E-state index contributed by atoms with van der Waals surface area (Å²) in [5, 5.41) is 9.92. The van der Waals surface area contributed by atoms with Crippen molar-refractivity contribution >= 4 is 6.09 Å². The van der Waals surface area contributed by atoms with Crippen molar-refractivity contribution in [1.82, 2.24) is 4.90 Å². The zero-order chi connectivity index (χ0) is 12.3. The highest BCUT2D eigenvalue weighted by Crippen LogP contribution is 2.40. The fraction of sp³-hybridized carbons (Fsp3) is 0.750. The number of carbonyl (C=O) groups is 1. The first kappa shape index (κ1) is 12.4. The van der Waals surface area contributed by atoms with Crippen LogP contribution in [0.15, 0.2) is 12.7 Å². The van der Waals surface area contributed by atoms with E-state index in [4.69, 9.17) is 9.47 Å². The molecule has 2 unspecified atom stereocenters. The summed E-state index contributed by atoms with van der Waals surface area (Å²) in [6.45, 7) is 5.57. The Morgan fingerprint density at radius 1 is 1.71 bits per heavy atom. The number of nitrogens with zero attached hydrogens (tertiary/aromatic N) is 1. The van der Waals surface area contributed by atoms with E-state index in [-0.39, 0.29) is 12.0 Å². The molecule has 96 valence electrons. The molecule has 5 heteroatoms. The molecule has 2 atom stereocenters. The van der Waals surface area contributed by atoms with E-state index in [0.29, 0.717) is 19.6 Å². The van der Waals surface area contributed by atoms with Crippen LogP contribution in [-0.4, -0.2) is 48.7 Å². The van der Waals surface area contributed by atoms with Crippen LogP contribution in [0.5, 0.6) is 0 Å². The molecule has 2 aliphatic rings. The van der Waals surface area contributed by atoms with Crippen LogP contribution < -0.4 is 0 Å². The van der Waals surface area contributed by atoms with E-state index in [1.165, 1.54) is 11.0 Å². The number of carbonyl (C=O) groups excluding carboxylic acids is 1. The Balaban J connectivity index is 1.96. The van der Waals surface area contributed by atoms with Crippen molar-refractivity contribution < 1.29 is 19.4 Å². The first-order valence-electron chi connectivity index (χ1n) is 5.97. The number of hydrogen-bond donors (Lipinski definition) is 1. The molecule has 0 aromatic rings. The first-order valence-corrected chi connectivity index (χ1v) is 5.97. The molecule has 0 aliphatic carbocycles. The molecule has 2 fully saturated rings. The third-order valence-electron chi connectivity index (χ3n) is 3.44. The van der Waals surface area contributed by atoms with E-state index in [2.05, 4.69) is 6.58 Å². The summed E-state index contributed by atoms with van der Waals surface area (Å²) in [6, 6.07) is 0. The van der Waals surface area contributed by atoms with E-state index in [9.17, 15) is 9.90 Å². The van der Waals surface area contributed by atoms with Gasteiger partial charge in [-0.2, -0.15) is 0 Å². The molecule has 0 aromatic carbocycles. The minimum atomic E-state index is -0.756. The molecular formula is C12H19NO4. The minimum Gasteiger partial charge on any atom is -0.445 e. The maximum atomic E-state index is 11.7. The third kappa shape index (κ3) is 2.61. The van der Waals surface area contributed by atoms with Gasteiger partial charge in [-0.3, -0.25) is 4.90 Å². The summed E-state index contributed by atoms with van der Waals surface area (Å²) in [7, 11) is 0. The molecule has 5 nitrogen and oxygen atoms in total. The molecule has 0 radical (unpaired) electrons. The van der Waals surface area contributed by atoms with Gasteiger partial charge in [0.05, 0.1) is 6.61 Å². The Morgan fingerprint density at radius 3 is 3.18 bits per heavy atom. The van der Waals surface area contributed by atoms with Gasteiger partial charge in [-0.15, -0.1) is 0 Å². The summed E-state index contributed by atoms with van der Waals surface area (Å²) in [4.78, 5) is 13.1. The smallest absolute Gasteiger partial charge is 0.412 e. The van der Waals surface area contributed by atoms with Crippen molar-refractivity contribution in [1.29, 1.82) is 0 Å². The molecule has 1 N–H and O–H groups in total. The van der Waals surface area contributed by atoms with E-state index < -0.39 is 12.3 Å². The average molecular weight is 241 g/mol. The molecule has 2 aliphatic heterocycles. The van der Waals surface area contributed by atoms with Crippen molar-refractivity contribution in [2.75, 3.05) is 26.4 Å². The number of hydrogen-bond acceptors (Lipinski definition) is 4. The molecule has 2 heterocycles. The Kier molecular flexibility index (Phi) is 3.69. The van der Waals surface area contributed by atoms with Crippen LogP contribution in [0.1, 0.15) is 19.3 Å². The van der Waals surface area contributed by atoms with Crippen molar-refractivity contribution in [2.45, 2.75) is 25.5 Å². The predicted molar refractivity (Wildman–Crippen MR) is 61.4 cm³/mol. The Bertz CT molecular complexity index is 299. The minimum absolute atomic E-state index is 0.0785. The number of rotatable bonds is 2. The molecule has 0 saturated carbocycles. The number of likely N-dealkylation sites (tertiary alicyclic amines) is 1. The lowest BCUT2D eigenvalue weighted by Gasteiger charge is -2.32. The lowest BCUT2D eigenvalue weighted by atomic mass is 9.82. The molecule has 2 saturated heterocycles. The fourth-order valence-corrected chi connectivity index (χ4v) is 2.62. The molecule has 2 rings (SSSR count). The maximum absolute atomic E-state index is 11.7. The van der Waals surface area contributed by atoms with Crippen molar-refractivity contribution in [3.8, 4) is 0 Å². The van der Waals surface area contributed by atoms with E-state index in [1.54, 1.807) is 0 Å². The van der Waals surface area contributed by atoms with Gasteiger partial charge >= 0.3 is 6.09 Å². The summed E-state index contributed by atoms with van der Waals surface area (Å²) < 4.78 is 10.4. The summed E-state index contributed by atoms with van der Waals surface area (Å²) in [6.07, 6.45) is 2.85. The second-order valence-electron chi connectivity index (χ2n) is 4.83. The van der Waals surface area contributed by atoms with E-state index in [0.717, 1.165) is 19.4 Å². The topological polar surface area (TPSA) is 59.0 Å². The van der Waals surface area contributed by atoms with Crippen LogP contribution >= 0.6 is 0 Å². The lowest BCUT2D eigenvalue weighted by Crippen LogP contribution is -2.39. The maximum Gasteiger partial charge on any atom is 0.412 e. The van der Waals surface area contributed by atoms with Crippen LogP contribution in [-0.2, 0) is 9.47 Å². The fourth-order valence-electron chi connectivity index (χ4n) is 2.62. The van der Waals surface area contributed by atoms with Gasteiger partial charge in [-0.25, -0.2) is 4.79 Å². The van der Waals surface area contributed by atoms with Crippen molar-refractivity contribution in [2.24, 2.45) is 5.41 Å². The highest BCUT2D eigenvalue weighted by Gasteiger charge is 2.46. The third-order valence-corrected chi connectivity index (χ3v) is 3.44. The largest absolute Gasteiger partial charge is 0.445 e. The Hall–Kier alpha value is -1.07. The SMILES string of the molecule is C=CCOC(=O)N1CC2(CCCOC2)CC1O. The number of amides is 1. The molecule has 17 heavy (non-hydrogen) atoms. The zero-order valence-electron chi connectivity index (χ0n) is 9.93. The van der Waals surface area contributed by atoms with Gasteiger partial charge in [0, 0.05) is 25.0 Å². The first-order chi connectivity index (χ1) is 8.17. The van der Waals surface area contributed by atoms with Crippen LogP contribution in [0, 0.1) is 5.41 Å². The van der Waals surface area contributed by atoms with Crippen LogP contribution in [0.25, 0.3) is 0 Å². The van der Waals surface area contributed by atoms with Crippen LogP contribution in [0.3, 0.4) is 0 Å². The molecule has 0 bridgehead atoms. The second kappa shape index (κ2) is 5.06. The number of aliphatic hydroxyl groups excluding tert-OH is 1. The monoisotopic (exact) mass is 241 g/mol. The van der Waals surface area contributed by atoms with Gasteiger partial charge in [0.15, 0.2) is 0 Å². The van der Waals surface area contributed by atoms with E-state index in [1.807, 2.05) is 0 Å². The highest BCUT2D eigenvalue weighted by atomic mass is 16.6. The van der Waals surface area contributed by atoms with Crippen LogP contribution in [0.2, 0.25) is 0 Å². The predicted octanol–water partition coefficient (Wildman–Crippen LogP) is 1.13. The van der Waals surface area contributed by atoms with Gasteiger partial charge in [0.25, 0.3) is 0 Å². The highest BCUT2D eigenvalue weighted by molar-refractivity contribution is 5.68. The molecular weight excluding hydrogens is 222 g/mol. The number of aliphatic hydroxyl groups is 1. The number of ether oxygens (including phenoxy) is 2. The average Bonchev–Trinajstić information content (AvgIpc) is 2.64. The van der Waals surface area contributed by atoms with Gasteiger partial charge in [-0.1, -0.05) is 12.7 Å². The van der Waals surface area contributed by atoms with Gasteiger partial charge in [0.1, 0.15) is 12.8 Å². The zero-order valence-corrected chi connectivity index (χ0v) is 9.93. The summed E-state index contributed by atoms with van der Waals surface area (Å²) in [5.74, 6) is 0.